The number of hydrogen-bond donors (Lipinski definition) is 1. The number of carbonyl (C=O) groups is 1. The van der Waals surface area contributed by atoms with Crippen LogP contribution in [-0.4, -0.2) is 29.1 Å². The number of nitrogens with one attached hydrogen (secondary N) is 1. The topological polar surface area (TPSA) is 74.6 Å². The van der Waals surface area contributed by atoms with E-state index in [2.05, 4.69) is 10.4 Å². The Hall–Kier alpha value is -2.54. The molecule has 0 unspecified atom stereocenters. The lowest BCUT2D eigenvalue weighted by molar-refractivity contribution is 0.0792. The zero-order chi connectivity index (χ0) is 14.7. The summed E-state index contributed by atoms with van der Waals surface area (Å²) in [6.07, 6.45) is 3.28. The van der Waals surface area contributed by atoms with Gasteiger partial charge in [-0.05, 0) is 25.1 Å². The molecule has 7 nitrogen and oxygen atoms in total. The molecule has 2 heterocycles. The van der Waals surface area contributed by atoms with Gasteiger partial charge in [-0.3, -0.25) is 4.79 Å². The first-order valence-corrected chi connectivity index (χ1v) is 6.57. The maximum atomic E-state index is 12.2. The second-order valence-corrected chi connectivity index (χ2v) is 4.41. The lowest BCUT2D eigenvalue weighted by Gasteiger charge is -2.04. The molecule has 1 amide bonds. The monoisotopic (exact) mass is 289 g/mol. The van der Waals surface area contributed by atoms with Crippen molar-refractivity contribution in [1.82, 2.24) is 9.78 Å². The molecule has 1 N–H and O–H groups in total. The van der Waals surface area contributed by atoms with E-state index >= 15 is 0 Å². The maximum Gasteiger partial charge on any atom is 0.255 e. The number of carbonyl (C=O) groups excluding carboxylic acids is 1. The van der Waals surface area contributed by atoms with Crippen molar-refractivity contribution in [3.63, 3.8) is 0 Å². The Kier molecular flexibility index (Phi) is 3.74. The molecular weight excluding hydrogens is 274 g/mol. The number of nitrogens with zero attached hydrogens (tertiary/aromatic N) is 2. The van der Waals surface area contributed by atoms with Crippen molar-refractivity contribution in [1.29, 1.82) is 0 Å². The summed E-state index contributed by atoms with van der Waals surface area (Å²) in [5.41, 5.74) is 1.11. The third-order valence-electron chi connectivity index (χ3n) is 2.95. The summed E-state index contributed by atoms with van der Waals surface area (Å²) in [6.45, 7) is 3.06. The first-order valence-electron chi connectivity index (χ1n) is 6.57. The molecular formula is C14H15N3O4. The molecule has 1 aliphatic heterocycles. The number of rotatable bonds is 5. The first-order chi connectivity index (χ1) is 10.3. The maximum absolute atomic E-state index is 12.2. The van der Waals surface area contributed by atoms with E-state index in [0.717, 1.165) is 0 Å². The van der Waals surface area contributed by atoms with Gasteiger partial charge in [0.05, 0.1) is 18.1 Å². The second-order valence-electron chi connectivity index (χ2n) is 4.41. The number of ether oxygens (including phenoxy) is 3. The number of hydrogen-bond acceptors (Lipinski definition) is 5. The van der Waals surface area contributed by atoms with Gasteiger partial charge in [0.25, 0.3) is 5.91 Å². The number of aromatic nitrogens is 2. The molecule has 1 aliphatic rings. The zero-order valence-corrected chi connectivity index (χ0v) is 11.5. The van der Waals surface area contributed by atoms with Crippen molar-refractivity contribution in [2.75, 3.05) is 18.7 Å². The predicted octanol–water partition coefficient (Wildman–Crippen LogP) is 1.86. The molecule has 110 valence electrons. The summed E-state index contributed by atoms with van der Waals surface area (Å²) in [5, 5.41) is 6.86. The molecule has 0 atom stereocenters. The number of anilines is 1. The van der Waals surface area contributed by atoms with Crippen molar-refractivity contribution in [3.05, 3.63) is 36.2 Å². The molecule has 0 saturated heterocycles. The number of amides is 1. The predicted molar refractivity (Wildman–Crippen MR) is 74.4 cm³/mol. The Labute approximate surface area is 121 Å². The summed E-state index contributed by atoms with van der Waals surface area (Å²) in [4.78, 5) is 12.2. The van der Waals surface area contributed by atoms with Crippen LogP contribution in [0.5, 0.6) is 11.5 Å². The molecule has 2 aromatic rings. The number of fused-ring (bicyclic) bond motifs is 1. The van der Waals surface area contributed by atoms with E-state index in [0.29, 0.717) is 36.1 Å². The fourth-order valence-corrected chi connectivity index (χ4v) is 1.92. The quantitative estimate of drug-likeness (QED) is 0.909. The lowest BCUT2D eigenvalue weighted by atomic mass is 10.2. The van der Waals surface area contributed by atoms with E-state index in [9.17, 15) is 4.79 Å². The highest BCUT2D eigenvalue weighted by atomic mass is 16.7. The lowest BCUT2D eigenvalue weighted by Crippen LogP contribution is -2.11. The molecule has 1 aromatic heterocycles. The Morgan fingerprint density at radius 1 is 1.43 bits per heavy atom. The van der Waals surface area contributed by atoms with Gasteiger partial charge in [0.2, 0.25) is 6.79 Å². The zero-order valence-electron chi connectivity index (χ0n) is 11.5. The molecule has 1 aromatic carbocycles. The molecule has 0 radical (unpaired) electrons. The van der Waals surface area contributed by atoms with Crippen LogP contribution in [-0.2, 0) is 11.5 Å². The molecule has 0 spiro atoms. The van der Waals surface area contributed by atoms with E-state index in [4.69, 9.17) is 14.2 Å². The minimum absolute atomic E-state index is 0.185. The van der Waals surface area contributed by atoms with Gasteiger partial charge < -0.3 is 19.5 Å². The summed E-state index contributed by atoms with van der Waals surface area (Å²) in [5.74, 6) is 0.995. The van der Waals surface area contributed by atoms with Crippen molar-refractivity contribution in [2.24, 2.45) is 0 Å². The van der Waals surface area contributed by atoms with Crippen LogP contribution in [0.1, 0.15) is 17.3 Å². The van der Waals surface area contributed by atoms with Crippen molar-refractivity contribution >= 4 is 11.6 Å². The minimum Gasteiger partial charge on any atom is -0.454 e. The van der Waals surface area contributed by atoms with Gasteiger partial charge >= 0.3 is 0 Å². The van der Waals surface area contributed by atoms with Crippen molar-refractivity contribution < 1.29 is 19.0 Å². The fourth-order valence-electron chi connectivity index (χ4n) is 1.92. The van der Waals surface area contributed by atoms with Crippen LogP contribution in [0, 0.1) is 0 Å². The molecule has 0 fully saturated rings. The second kappa shape index (κ2) is 5.84. The third-order valence-corrected chi connectivity index (χ3v) is 2.95. The standard InChI is InChI=1S/C14H15N3O4/c1-2-19-8-17-7-11(6-15-17)16-14(18)10-3-4-12-13(5-10)21-9-20-12/h3-7H,2,8-9H2,1H3,(H,16,18). The van der Waals surface area contributed by atoms with Crippen molar-refractivity contribution in [3.8, 4) is 11.5 Å². The average Bonchev–Trinajstić information content (AvgIpc) is 3.12. The van der Waals surface area contributed by atoms with Crippen LogP contribution in [0.2, 0.25) is 0 Å². The fraction of sp³-hybridized carbons (Fsp3) is 0.286. The summed E-state index contributed by atoms with van der Waals surface area (Å²) in [6, 6.07) is 5.06. The third kappa shape index (κ3) is 2.97. The summed E-state index contributed by atoms with van der Waals surface area (Å²) in [7, 11) is 0. The van der Waals surface area contributed by atoms with E-state index in [1.54, 1.807) is 35.3 Å². The molecule has 21 heavy (non-hydrogen) atoms. The Bertz CT molecular complexity index is 653. The van der Waals surface area contributed by atoms with Crippen LogP contribution in [0.25, 0.3) is 0 Å². The van der Waals surface area contributed by atoms with Gasteiger partial charge in [-0.15, -0.1) is 0 Å². The van der Waals surface area contributed by atoms with Crippen LogP contribution in [0.3, 0.4) is 0 Å². The average molecular weight is 289 g/mol. The molecule has 0 saturated carbocycles. The van der Waals surface area contributed by atoms with Gasteiger partial charge in [0.15, 0.2) is 11.5 Å². The highest BCUT2D eigenvalue weighted by Crippen LogP contribution is 2.32. The normalized spacial score (nSPS) is 12.4. The Balaban J connectivity index is 1.67. The number of benzene rings is 1. The van der Waals surface area contributed by atoms with E-state index < -0.39 is 0 Å². The Morgan fingerprint density at radius 3 is 3.14 bits per heavy atom. The highest BCUT2D eigenvalue weighted by molar-refractivity contribution is 6.04. The van der Waals surface area contributed by atoms with Gasteiger partial charge in [-0.25, -0.2) is 4.68 Å². The first kappa shape index (κ1) is 13.4. The van der Waals surface area contributed by atoms with E-state index in [-0.39, 0.29) is 12.7 Å². The smallest absolute Gasteiger partial charge is 0.255 e. The van der Waals surface area contributed by atoms with Gasteiger partial charge in [-0.2, -0.15) is 5.10 Å². The van der Waals surface area contributed by atoms with Crippen LogP contribution in [0.4, 0.5) is 5.69 Å². The molecule has 3 rings (SSSR count). The van der Waals surface area contributed by atoms with Crippen molar-refractivity contribution in [2.45, 2.75) is 13.7 Å². The SMILES string of the molecule is CCOCn1cc(NC(=O)c2ccc3c(c2)OCO3)cn1. The largest absolute Gasteiger partial charge is 0.454 e. The van der Waals surface area contributed by atoms with Gasteiger partial charge in [0.1, 0.15) is 6.73 Å². The van der Waals surface area contributed by atoms with E-state index in [1.165, 1.54) is 0 Å². The Morgan fingerprint density at radius 2 is 2.29 bits per heavy atom. The molecule has 0 bridgehead atoms. The van der Waals surface area contributed by atoms with Crippen LogP contribution in [0.15, 0.2) is 30.6 Å². The van der Waals surface area contributed by atoms with E-state index in [1.807, 2.05) is 6.92 Å². The van der Waals surface area contributed by atoms with Gasteiger partial charge in [0, 0.05) is 12.2 Å². The van der Waals surface area contributed by atoms with Crippen LogP contribution >= 0.6 is 0 Å². The van der Waals surface area contributed by atoms with Gasteiger partial charge in [-0.1, -0.05) is 0 Å². The minimum atomic E-state index is -0.232. The summed E-state index contributed by atoms with van der Waals surface area (Å²) < 4.78 is 17.3. The molecule has 0 aliphatic carbocycles. The van der Waals surface area contributed by atoms with Crippen LogP contribution < -0.4 is 14.8 Å². The summed E-state index contributed by atoms with van der Waals surface area (Å²) >= 11 is 0. The highest BCUT2D eigenvalue weighted by Gasteiger charge is 2.16. The molecule has 7 heteroatoms.